The number of urea groups is 1. The van der Waals surface area contributed by atoms with Crippen LogP contribution in [-0.2, 0) is 9.59 Å². The Morgan fingerprint density at radius 3 is 2.03 bits per heavy atom. The van der Waals surface area contributed by atoms with Crippen molar-refractivity contribution in [1.29, 1.82) is 0 Å². The predicted molar refractivity (Wildman–Crippen MR) is 147 cm³/mol. The molecule has 2 fully saturated rings. The molecule has 9 heteroatoms. The molecule has 5 amide bonds. The lowest BCUT2D eigenvalue weighted by Gasteiger charge is -2.38. The van der Waals surface area contributed by atoms with Crippen molar-refractivity contribution in [3.8, 4) is 0 Å². The van der Waals surface area contributed by atoms with E-state index in [1.54, 1.807) is 36.1 Å². The topological polar surface area (TPSA) is 116 Å². The highest BCUT2D eigenvalue weighted by Crippen LogP contribution is 2.43. The summed E-state index contributed by atoms with van der Waals surface area (Å²) in [5.74, 6) is -0.522. The lowest BCUT2D eigenvalue weighted by molar-refractivity contribution is -0.141. The first-order chi connectivity index (χ1) is 18.1. The van der Waals surface area contributed by atoms with Crippen molar-refractivity contribution in [1.82, 2.24) is 20.4 Å². The first-order valence-corrected chi connectivity index (χ1v) is 13.9. The van der Waals surface area contributed by atoms with Crippen molar-refractivity contribution in [2.24, 2.45) is 22.7 Å². The third kappa shape index (κ3) is 5.58. The number of rotatable bonds is 6. The standard InChI is InChI=1S/C30H42N4O5/c1-17(35)23-19-14-10-11-18(19)15-33(23)27(38)24(30(5,6)7)32-28(39)31-22(29(2,3)4)16-34-25(36)20-12-8-9-13-21(20)26(34)37/h8-9,12-13,18-19,22-24H,10-11,14-16H2,1-7H3,(H2,31,32,39)/t18-,19-,22+,23+,24+/m0/s1. The van der Waals surface area contributed by atoms with Gasteiger partial charge in [-0.2, -0.15) is 0 Å². The summed E-state index contributed by atoms with van der Waals surface area (Å²) in [6.07, 6.45) is 3.03. The van der Waals surface area contributed by atoms with Crippen LogP contribution in [0.15, 0.2) is 24.3 Å². The smallest absolute Gasteiger partial charge is 0.315 e. The first kappa shape index (κ1) is 28.8. The number of ketones is 1. The minimum absolute atomic E-state index is 0.000701. The summed E-state index contributed by atoms with van der Waals surface area (Å²) in [6.45, 7) is 13.5. The maximum atomic E-state index is 13.9. The Morgan fingerprint density at radius 1 is 0.923 bits per heavy atom. The molecule has 4 rings (SSSR count). The van der Waals surface area contributed by atoms with Gasteiger partial charge in [-0.1, -0.05) is 60.1 Å². The lowest BCUT2D eigenvalue weighted by Crippen LogP contribution is -2.61. The number of likely N-dealkylation sites (tertiary alicyclic amines) is 1. The number of amides is 5. The molecule has 3 aliphatic rings. The first-order valence-electron chi connectivity index (χ1n) is 13.9. The molecule has 1 aromatic carbocycles. The average molecular weight is 539 g/mol. The number of hydrogen-bond acceptors (Lipinski definition) is 5. The maximum absolute atomic E-state index is 13.9. The molecule has 1 aromatic rings. The Labute approximate surface area is 231 Å². The quantitative estimate of drug-likeness (QED) is 0.537. The molecule has 1 saturated carbocycles. The van der Waals surface area contributed by atoms with Gasteiger partial charge in [-0.3, -0.25) is 24.1 Å². The number of benzene rings is 1. The SMILES string of the molecule is CC(=O)[C@@H]1[C@H]2CCC[C@H]2CN1C(=O)[C@@H](NC(=O)N[C@H](CN1C(=O)c2ccccc2C1=O)C(C)(C)C)C(C)(C)C. The predicted octanol–water partition coefficient (Wildman–Crippen LogP) is 3.63. The molecule has 0 spiro atoms. The van der Waals surface area contributed by atoms with Crippen molar-refractivity contribution < 1.29 is 24.0 Å². The van der Waals surface area contributed by atoms with Gasteiger partial charge in [0.2, 0.25) is 5.91 Å². The average Bonchev–Trinajstić information content (AvgIpc) is 3.49. The van der Waals surface area contributed by atoms with Crippen molar-refractivity contribution in [3.63, 3.8) is 0 Å². The molecule has 5 atom stereocenters. The summed E-state index contributed by atoms with van der Waals surface area (Å²) in [7, 11) is 0. The van der Waals surface area contributed by atoms with Crippen molar-refractivity contribution in [3.05, 3.63) is 35.4 Å². The van der Waals surface area contributed by atoms with Gasteiger partial charge in [-0.25, -0.2) is 4.79 Å². The Hall–Kier alpha value is -3.23. The zero-order valence-electron chi connectivity index (χ0n) is 24.2. The van der Waals surface area contributed by atoms with Gasteiger partial charge in [0.1, 0.15) is 6.04 Å². The number of nitrogens with one attached hydrogen (secondary N) is 2. The van der Waals surface area contributed by atoms with Crippen LogP contribution in [-0.4, -0.2) is 70.6 Å². The van der Waals surface area contributed by atoms with Crippen molar-refractivity contribution in [2.75, 3.05) is 13.1 Å². The zero-order valence-corrected chi connectivity index (χ0v) is 24.2. The van der Waals surface area contributed by atoms with Gasteiger partial charge in [0.05, 0.1) is 29.8 Å². The molecule has 1 saturated heterocycles. The highest BCUT2D eigenvalue weighted by Gasteiger charge is 2.50. The summed E-state index contributed by atoms with van der Waals surface area (Å²) in [5.41, 5.74) is -0.408. The largest absolute Gasteiger partial charge is 0.333 e. The highest BCUT2D eigenvalue weighted by molar-refractivity contribution is 6.21. The van der Waals surface area contributed by atoms with E-state index in [1.807, 2.05) is 41.5 Å². The minimum Gasteiger partial charge on any atom is -0.333 e. The molecule has 39 heavy (non-hydrogen) atoms. The van der Waals surface area contributed by atoms with Crippen LogP contribution in [0.3, 0.4) is 0 Å². The van der Waals surface area contributed by atoms with E-state index < -0.39 is 35.0 Å². The lowest BCUT2D eigenvalue weighted by atomic mass is 9.85. The molecule has 0 unspecified atom stereocenters. The Bertz CT molecular complexity index is 1150. The molecule has 0 bridgehead atoms. The van der Waals surface area contributed by atoms with E-state index in [0.717, 1.165) is 19.3 Å². The fraction of sp³-hybridized carbons (Fsp3) is 0.633. The second kappa shape index (κ2) is 10.4. The number of nitrogens with zero attached hydrogens (tertiary/aromatic N) is 2. The number of carbonyl (C=O) groups excluding carboxylic acids is 5. The Morgan fingerprint density at radius 2 is 1.51 bits per heavy atom. The molecule has 2 aliphatic heterocycles. The van der Waals surface area contributed by atoms with Crippen LogP contribution < -0.4 is 10.6 Å². The van der Waals surface area contributed by atoms with Crippen LogP contribution >= 0.6 is 0 Å². The van der Waals surface area contributed by atoms with Crippen LogP contribution in [0.5, 0.6) is 0 Å². The number of hydrogen-bond donors (Lipinski definition) is 2. The van der Waals surface area contributed by atoms with Gasteiger partial charge in [-0.15, -0.1) is 0 Å². The van der Waals surface area contributed by atoms with E-state index >= 15 is 0 Å². The van der Waals surface area contributed by atoms with Crippen LogP contribution in [0.2, 0.25) is 0 Å². The molecular weight excluding hydrogens is 496 g/mol. The van der Waals surface area contributed by atoms with E-state index in [4.69, 9.17) is 0 Å². The summed E-state index contributed by atoms with van der Waals surface area (Å²) in [5, 5.41) is 5.82. The molecule has 2 heterocycles. The van der Waals surface area contributed by atoms with Gasteiger partial charge < -0.3 is 15.5 Å². The van der Waals surface area contributed by atoms with Crippen LogP contribution in [0, 0.1) is 22.7 Å². The van der Waals surface area contributed by atoms with E-state index in [1.165, 1.54) is 4.90 Å². The summed E-state index contributed by atoms with van der Waals surface area (Å²) >= 11 is 0. The molecule has 212 valence electrons. The molecule has 9 nitrogen and oxygen atoms in total. The van der Waals surface area contributed by atoms with Crippen LogP contribution in [0.1, 0.15) is 88.4 Å². The van der Waals surface area contributed by atoms with E-state index in [0.29, 0.717) is 23.6 Å². The summed E-state index contributed by atoms with van der Waals surface area (Å²) in [4.78, 5) is 68.7. The maximum Gasteiger partial charge on any atom is 0.315 e. The molecule has 1 aliphatic carbocycles. The van der Waals surface area contributed by atoms with Crippen molar-refractivity contribution in [2.45, 2.75) is 85.9 Å². The second-order valence-electron chi connectivity index (χ2n) is 13.5. The van der Waals surface area contributed by atoms with E-state index in [2.05, 4.69) is 10.6 Å². The molecular formula is C30H42N4O5. The zero-order chi connectivity index (χ0) is 28.9. The van der Waals surface area contributed by atoms with Gasteiger partial charge in [0, 0.05) is 6.54 Å². The molecule has 2 N–H and O–H groups in total. The van der Waals surface area contributed by atoms with Gasteiger partial charge in [-0.05, 0) is 54.6 Å². The van der Waals surface area contributed by atoms with Gasteiger partial charge >= 0.3 is 6.03 Å². The summed E-state index contributed by atoms with van der Waals surface area (Å²) in [6, 6.07) is 4.24. The Balaban J connectivity index is 1.50. The van der Waals surface area contributed by atoms with Gasteiger partial charge in [0.25, 0.3) is 11.8 Å². The second-order valence-corrected chi connectivity index (χ2v) is 13.5. The fourth-order valence-electron chi connectivity index (χ4n) is 6.32. The van der Waals surface area contributed by atoms with E-state index in [-0.39, 0.29) is 36.0 Å². The number of Topliss-reactive ketones (excluding diaryl/α,β-unsaturated/α-hetero) is 1. The van der Waals surface area contributed by atoms with Crippen molar-refractivity contribution >= 4 is 29.5 Å². The molecule has 0 radical (unpaired) electrons. The normalized spacial score (nSPS) is 24.3. The van der Waals surface area contributed by atoms with E-state index in [9.17, 15) is 24.0 Å². The number of fused-ring (bicyclic) bond motifs is 2. The highest BCUT2D eigenvalue weighted by atomic mass is 16.2. The monoisotopic (exact) mass is 538 g/mol. The summed E-state index contributed by atoms with van der Waals surface area (Å²) < 4.78 is 0. The molecule has 0 aromatic heterocycles. The minimum atomic E-state index is -0.863. The third-order valence-corrected chi connectivity index (χ3v) is 8.57. The fourth-order valence-corrected chi connectivity index (χ4v) is 6.32. The Kier molecular flexibility index (Phi) is 7.67. The van der Waals surface area contributed by atoms with Gasteiger partial charge in [0.15, 0.2) is 5.78 Å². The van der Waals surface area contributed by atoms with Crippen LogP contribution in [0.4, 0.5) is 4.79 Å². The van der Waals surface area contributed by atoms with Crippen LogP contribution in [0.25, 0.3) is 0 Å². The third-order valence-electron chi connectivity index (χ3n) is 8.57. The number of imide groups is 1. The number of carbonyl (C=O) groups is 5.